The molecule has 1 N–H and O–H groups in total. The molecule has 0 saturated heterocycles. The van der Waals surface area contributed by atoms with Gasteiger partial charge in [0.25, 0.3) is 0 Å². The summed E-state index contributed by atoms with van der Waals surface area (Å²) in [7, 11) is 0. The quantitative estimate of drug-likeness (QED) is 0.896. The van der Waals surface area contributed by atoms with E-state index < -0.39 is 0 Å². The van der Waals surface area contributed by atoms with E-state index in [1.54, 1.807) is 4.90 Å². The van der Waals surface area contributed by atoms with Gasteiger partial charge in [0.1, 0.15) is 6.54 Å². The molecular formula is C20H27N3O2. The number of fused-ring (bicyclic) bond motifs is 2. The van der Waals surface area contributed by atoms with Gasteiger partial charge in [-0.3, -0.25) is 14.6 Å². The van der Waals surface area contributed by atoms with Crippen molar-refractivity contribution in [2.24, 2.45) is 10.9 Å². The van der Waals surface area contributed by atoms with Crippen LogP contribution in [0.3, 0.4) is 0 Å². The Labute approximate surface area is 149 Å². The van der Waals surface area contributed by atoms with Gasteiger partial charge in [-0.1, -0.05) is 0 Å². The Kier molecular flexibility index (Phi) is 4.43. The van der Waals surface area contributed by atoms with Crippen LogP contribution >= 0.6 is 0 Å². The molecule has 1 aliphatic carbocycles. The first-order chi connectivity index (χ1) is 11.7. The predicted octanol–water partition coefficient (Wildman–Crippen LogP) is 3.44. The smallest absolute Gasteiger partial charge is 0.240 e. The summed E-state index contributed by atoms with van der Waals surface area (Å²) >= 11 is 0. The number of carbonyl (C=O) groups excluding carboxylic acids is 2. The third-order valence-electron chi connectivity index (χ3n) is 4.85. The van der Waals surface area contributed by atoms with Crippen molar-refractivity contribution in [1.82, 2.24) is 5.32 Å². The van der Waals surface area contributed by atoms with Crippen molar-refractivity contribution in [3.63, 3.8) is 0 Å². The van der Waals surface area contributed by atoms with E-state index in [-0.39, 0.29) is 29.8 Å². The van der Waals surface area contributed by atoms with Gasteiger partial charge in [0.15, 0.2) is 0 Å². The molecule has 1 saturated carbocycles. The topological polar surface area (TPSA) is 61.8 Å². The van der Waals surface area contributed by atoms with Gasteiger partial charge in [-0.05, 0) is 77.1 Å². The van der Waals surface area contributed by atoms with Crippen molar-refractivity contribution in [2.45, 2.75) is 59.4 Å². The maximum Gasteiger partial charge on any atom is 0.240 e. The minimum atomic E-state index is -0.326. The van der Waals surface area contributed by atoms with E-state index in [1.165, 1.54) is 0 Å². The summed E-state index contributed by atoms with van der Waals surface area (Å²) in [6, 6.07) is 4.01. The lowest BCUT2D eigenvalue weighted by atomic mass is 10.0. The third-order valence-corrected chi connectivity index (χ3v) is 4.85. The number of benzene rings is 1. The molecule has 1 heterocycles. The number of nitrogens with one attached hydrogen (secondary N) is 1. The lowest BCUT2D eigenvalue weighted by Gasteiger charge is -2.27. The Morgan fingerprint density at radius 2 is 1.96 bits per heavy atom. The average molecular weight is 341 g/mol. The number of amides is 2. The highest BCUT2D eigenvalue weighted by atomic mass is 16.2. The molecule has 0 spiro atoms. The van der Waals surface area contributed by atoms with Crippen LogP contribution < -0.4 is 10.2 Å². The summed E-state index contributed by atoms with van der Waals surface area (Å²) in [4.78, 5) is 32.1. The summed E-state index contributed by atoms with van der Waals surface area (Å²) in [5, 5.41) is 2.95. The zero-order valence-electron chi connectivity index (χ0n) is 15.8. The van der Waals surface area contributed by atoms with E-state index in [4.69, 9.17) is 4.99 Å². The third kappa shape index (κ3) is 3.60. The molecule has 5 heteroatoms. The van der Waals surface area contributed by atoms with Crippen LogP contribution in [0.4, 0.5) is 11.4 Å². The minimum absolute atomic E-state index is 0.00214. The number of nitrogens with zero attached hydrogens (tertiary/aromatic N) is 2. The molecule has 1 aromatic rings. The molecule has 2 aliphatic rings. The van der Waals surface area contributed by atoms with Gasteiger partial charge >= 0.3 is 0 Å². The van der Waals surface area contributed by atoms with E-state index in [1.807, 2.05) is 46.8 Å². The first kappa shape index (κ1) is 17.6. The highest BCUT2D eigenvalue weighted by molar-refractivity contribution is 6.16. The van der Waals surface area contributed by atoms with Gasteiger partial charge in [-0.2, -0.15) is 0 Å². The summed E-state index contributed by atoms with van der Waals surface area (Å²) in [6.45, 7) is 9.92. The van der Waals surface area contributed by atoms with Crippen molar-refractivity contribution in [1.29, 1.82) is 0 Å². The van der Waals surface area contributed by atoms with Gasteiger partial charge < -0.3 is 10.2 Å². The molecule has 2 amide bonds. The summed E-state index contributed by atoms with van der Waals surface area (Å²) in [5.41, 5.74) is 4.44. The number of rotatable bonds is 2. The molecule has 1 fully saturated rings. The highest BCUT2D eigenvalue weighted by Gasteiger charge is 2.37. The number of carbonyl (C=O) groups is 2. The molecule has 3 rings (SSSR count). The second-order valence-electron chi connectivity index (χ2n) is 8.20. The Bertz CT molecular complexity index is 759. The fourth-order valence-corrected chi connectivity index (χ4v) is 3.55. The molecule has 0 aromatic heterocycles. The van der Waals surface area contributed by atoms with Crippen molar-refractivity contribution >= 4 is 28.9 Å². The Morgan fingerprint density at radius 1 is 1.28 bits per heavy atom. The zero-order chi connectivity index (χ0) is 18.4. The van der Waals surface area contributed by atoms with Crippen molar-refractivity contribution in [3.05, 3.63) is 23.3 Å². The molecule has 134 valence electrons. The average Bonchev–Trinajstić information content (AvgIpc) is 2.91. The van der Waals surface area contributed by atoms with Crippen LogP contribution in [0.15, 0.2) is 17.1 Å². The fraction of sp³-hybridized carbons (Fsp3) is 0.550. The van der Waals surface area contributed by atoms with E-state index >= 15 is 0 Å². The number of aliphatic imine (C=N–C) groups is 1. The number of anilines is 1. The standard InChI is InChI=1S/C20H27N3O2/c1-12-9-16-17(10-13(12)2)23(11-18(24)22-20(3,4)5)19(25)14-7-6-8-15(14)21-16/h9-10,14H,6-8,11H2,1-5H3,(H,22,24). The Balaban J connectivity index is 2.01. The molecule has 1 unspecified atom stereocenters. The second-order valence-corrected chi connectivity index (χ2v) is 8.20. The molecule has 25 heavy (non-hydrogen) atoms. The number of hydrogen-bond donors (Lipinski definition) is 1. The molecular weight excluding hydrogens is 314 g/mol. The van der Waals surface area contributed by atoms with Gasteiger partial charge in [0.05, 0.1) is 17.3 Å². The normalized spacial score (nSPS) is 19.9. The van der Waals surface area contributed by atoms with Crippen LogP contribution in [0.5, 0.6) is 0 Å². The van der Waals surface area contributed by atoms with Gasteiger partial charge in [-0.15, -0.1) is 0 Å². The first-order valence-electron chi connectivity index (χ1n) is 8.97. The molecule has 1 aliphatic heterocycles. The second kappa shape index (κ2) is 6.28. The highest BCUT2D eigenvalue weighted by Crippen LogP contribution is 2.39. The lowest BCUT2D eigenvalue weighted by molar-refractivity contribution is -0.125. The van der Waals surface area contributed by atoms with Crippen LogP contribution in [0, 0.1) is 19.8 Å². The van der Waals surface area contributed by atoms with E-state index in [2.05, 4.69) is 5.32 Å². The van der Waals surface area contributed by atoms with Crippen LogP contribution in [-0.4, -0.2) is 29.6 Å². The van der Waals surface area contributed by atoms with Crippen LogP contribution in [0.1, 0.15) is 51.2 Å². The SMILES string of the molecule is Cc1cc2c(cc1C)N(CC(=O)NC(C)(C)C)C(=O)C1CCCC1=N2. The minimum Gasteiger partial charge on any atom is -0.350 e. The molecule has 0 radical (unpaired) electrons. The molecule has 1 aromatic carbocycles. The van der Waals surface area contributed by atoms with Crippen LogP contribution in [-0.2, 0) is 9.59 Å². The van der Waals surface area contributed by atoms with E-state index in [9.17, 15) is 9.59 Å². The monoisotopic (exact) mass is 341 g/mol. The van der Waals surface area contributed by atoms with E-state index in [0.717, 1.165) is 47.5 Å². The maximum absolute atomic E-state index is 13.2. The zero-order valence-corrected chi connectivity index (χ0v) is 15.8. The number of hydrogen-bond acceptors (Lipinski definition) is 3. The Morgan fingerprint density at radius 3 is 2.64 bits per heavy atom. The van der Waals surface area contributed by atoms with E-state index in [0.29, 0.717) is 0 Å². The predicted molar refractivity (Wildman–Crippen MR) is 101 cm³/mol. The van der Waals surface area contributed by atoms with Gasteiger partial charge in [0.2, 0.25) is 11.8 Å². The lowest BCUT2D eigenvalue weighted by Crippen LogP contribution is -2.48. The van der Waals surface area contributed by atoms with Crippen LogP contribution in [0.2, 0.25) is 0 Å². The van der Waals surface area contributed by atoms with Crippen LogP contribution in [0.25, 0.3) is 0 Å². The first-order valence-corrected chi connectivity index (χ1v) is 8.97. The van der Waals surface area contributed by atoms with Gasteiger partial charge in [-0.25, -0.2) is 0 Å². The molecule has 0 bridgehead atoms. The molecule has 1 atom stereocenters. The Hall–Kier alpha value is -2.17. The molecule has 5 nitrogen and oxygen atoms in total. The maximum atomic E-state index is 13.2. The van der Waals surface area contributed by atoms with Gasteiger partial charge in [0, 0.05) is 11.3 Å². The van der Waals surface area contributed by atoms with Crippen molar-refractivity contribution in [3.8, 4) is 0 Å². The summed E-state index contributed by atoms with van der Waals surface area (Å²) in [5.74, 6) is -0.329. The van der Waals surface area contributed by atoms with Crippen molar-refractivity contribution in [2.75, 3.05) is 11.4 Å². The fourth-order valence-electron chi connectivity index (χ4n) is 3.55. The number of aryl methyl sites for hydroxylation is 2. The largest absolute Gasteiger partial charge is 0.350 e. The van der Waals surface area contributed by atoms with Crippen molar-refractivity contribution < 1.29 is 9.59 Å². The summed E-state index contributed by atoms with van der Waals surface area (Å²) in [6.07, 6.45) is 2.67. The summed E-state index contributed by atoms with van der Waals surface area (Å²) < 4.78 is 0.